The molecule has 0 aliphatic rings. The first-order chi connectivity index (χ1) is 9.61. The highest BCUT2D eigenvalue weighted by Gasteiger charge is 2.06. The molecule has 0 spiro atoms. The van der Waals surface area contributed by atoms with E-state index in [1.54, 1.807) is 0 Å². The Morgan fingerprint density at radius 3 is 2.45 bits per heavy atom. The van der Waals surface area contributed by atoms with Gasteiger partial charge in [-0.2, -0.15) is 0 Å². The van der Waals surface area contributed by atoms with Gasteiger partial charge in [0.1, 0.15) is 0 Å². The van der Waals surface area contributed by atoms with Crippen LogP contribution in [0.4, 0.5) is 0 Å². The van der Waals surface area contributed by atoms with E-state index < -0.39 is 0 Å². The molecule has 2 aromatic rings. The van der Waals surface area contributed by atoms with E-state index in [0.717, 1.165) is 19.5 Å². The molecule has 1 heterocycles. The zero-order valence-corrected chi connectivity index (χ0v) is 13.0. The van der Waals surface area contributed by atoms with E-state index in [1.807, 2.05) is 12.4 Å². The molecule has 0 bridgehead atoms. The largest absolute Gasteiger partial charge is 0.313 e. The molecule has 0 aliphatic heterocycles. The molecule has 0 aliphatic carbocycles. The van der Waals surface area contributed by atoms with Crippen molar-refractivity contribution in [2.24, 2.45) is 0 Å². The highest BCUT2D eigenvalue weighted by molar-refractivity contribution is 5.68. The van der Waals surface area contributed by atoms with Crippen LogP contribution in [0.25, 0.3) is 11.1 Å². The van der Waals surface area contributed by atoms with Gasteiger partial charge in [0.2, 0.25) is 0 Å². The number of aromatic nitrogens is 1. The number of hydrogen-bond donors (Lipinski definition) is 1. The second kappa shape index (κ2) is 6.67. The Morgan fingerprint density at radius 1 is 0.950 bits per heavy atom. The minimum atomic E-state index is 0.887. The van der Waals surface area contributed by atoms with Gasteiger partial charge in [-0.05, 0) is 67.6 Å². The maximum Gasteiger partial charge on any atom is 0.0346 e. The van der Waals surface area contributed by atoms with E-state index >= 15 is 0 Å². The Hall–Kier alpha value is -1.67. The van der Waals surface area contributed by atoms with Gasteiger partial charge in [0, 0.05) is 24.5 Å². The summed E-state index contributed by atoms with van der Waals surface area (Å²) in [5, 5.41) is 3.43. The smallest absolute Gasteiger partial charge is 0.0346 e. The maximum atomic E-state index is 4.39. The summed E-state index contributed by atoms with van der Waals surface area (Å²) < 4.78 is 0. The minimum absolute atomic E-state index is 0.887. The summed E-state index contributed by atoms with van der Waals surface area (Å²) in [5.74, 6) is 0. The first kappa shape index (κ1) is 14.7. The van der Waals surface area contributed by atoms with Crippen molar-refractivity contribution in [1.82, 2.24) is 10.3 Å². The third-order valence-electron chi connectivity index (χ3n) is 3.70. The van der Waals surface area contributed by atoms with Crippen LogP contribution < -0.4 is 5.32 Å². The topological polar surface area (TPSA) is 24.9 Å². The van der Waals surface area contributed by atoms with Crippen LogP contribution in [-0.4, -0.2) is 11.5 Å². The Bertz CT molecular complexity index is 588. The fourth-order valence-corrected chi connectivity index (χ4v) is 2.41. The van der Waals surface area contributed by atoms with Gasteiger partial charge in [0.15, 0.2) is 0 Å². The summed E-state index contributed by atoms with van der Waals surface area (Å²) in [4.78, 5) is 4.39. The van der Waals surface area contributed by atoms with E-state index in [2.05, 4.69) is 56.2 Å². The van der Waals surface area contributed by atoms with Crippen molar-refractivity contribution in [3.05, 3.63) is 52.8 Å². The van der Waals surface area contributed by atoms with E-state index in [1.165, 1.54) is 33.4 Å². The first-order valence-electron chi connectivity index (χ1n) is 7.34. The molecule has 1 aromatic heterocycles. The van der Waals surface area contributed by atoms with Crippen LogP contribution in [-0.2, 0) is 6.54 Å². The molecule has 2 rings (SSSR count). The van der Waals surface area contributed by atoms with Gasteiger partial charge in [0.05, 0.1) is 0 Å². The van der Waals surface area contributed by atoms with Crippen LogP contribution >= 0.6 is 0 Å². The van der Waals surface area contributed by atoms with Crippen LogP contribution in [0.3, 0.4) is 0 Å². The molecule has 2 heteroatoms. The van der Waals surface area contributed by atoms with Crippen molar-refractivity contribution in [1.29, 1.82) is 0 Å². The molecule has 0 saturated carbocycles. The van der Waals surface area contributed by atoms with Crippen molar-refractivity contribution in [3.63, 3.8) is 0 Å². The standard InChI is InChI=1S/C18H24N2/c1-5-6-19-10-16-9-17(12-20-11-16)18-8-14(3)13(2)7-15(18)4/h7-9,11-12,19H,5-6,10H2,1-4H3. The molecule has 0 radical (unpaired) electrons. The van der Waals surface area contributed by atoms with E-state index in [4.69, 9.17) is 0 Å². The summed E-state index contributed by atoms with van der Waals surface area (Å²) >= 11 is 0. The number of hydrogen-bond acceptors (Lipinski definition) is 2. The van der Waals surface area contributed by atoms with Crippen molar-refractivity contribution in [3.8, 4) is 11.1 Å². The second-order valence-electron chi connectivity index (χ2n) is 5.51. The monoisotopic (exact) mass is 268 g/mol. The van der Waals surface area contributed by atoms with E-state index in [-0.39, 0.29) is 0 Å². The highest BCUT2D eigenvalue weighted by Crippen LogP contribution is 2.26. The SMILES string of the molecule is CCCNCc1cncc(-c2cc(C)c(C)cc2C)c1. The van der Waals surface area contributed by atoms with Gasteiger partial charge in [-0.15, -0.1) is 0 Å². The number of rotatable bonds is 5. The molecular weight excluding hydrogens is 244 g/mol. The zero-order chi connectivity index (χ0) is 14.5. The van der Waals surface area contributed by atoms with Crippen molar-refractivity contribution in [2.75, 3.05) is 6.54 Å². The van der Waals surface area contributed by atoms with E-state index in [0.29, 0.717) is 0 Å². The molecule has 2 nitrogen and oxygen atoms in total. The molecule has 0 saturated heterocycles. The second-order valence-corrected chi connectivity index (χ2v) is 5.51. The molecule has 1 N–H and O–H groups in total. The lowest BCUT2D eigenvalue weighted by molar-refractivity contribution is 0.674. The molecule has 1 aromatic carbocycles. The van der Waals surface area contributed by atoms with Gasteiger partial charge in [-0.1, -0.05) is 19.1 Å². The Morgan fingerprint density at radius 2 is 1.70 bits per heavy atom. The van der Waals surface area contributed by atoms with Crippen molar-refractivity contribution < 1.29 is 0 Å². The first-order valence-corrected chi connectivity index (χ1v) is 7.34. The molecular formula is C18H24N2. The lowest BCUT2D eigenvalue weighted by Gasteiger charge is -2.11. The summed E-state index contributed by atoms with van der Waals surface area (Å²) in [5.41, 5.74) is 7.74. The number of pyridine rings is 1. The van der Waals surface area contributed by atoms with Crippen LogP contribution in [0, 0.1) is 20.8 Å². The lowest BCUT2D eigenvalue weighted by atomic mass is 9.96. The zero-order valence-electron chi connectivity index (χ0n) is 13.0. The van der Waals surface area contributed by atoms with Crippen molar-refractivity contribution in [2.45, 2.75) is 40.7 Å². The lowest BCUT2D eigenvalue weighted by Crippen LogP contribution is -2.13. The Balaban J connectivity index is 2.29. The molecule has 0 amide bonds. The van der Waals surface area contributed by atoms with E-state index in [9.17, 15) is 0 Å². The van der Waals surface area contributed by atoms with Gasteiger partial charge in [-0.3, -0.25) is 4.98 Å². The Kier molecular flexibility index (Phi) is 4.91. The number of aryl methyl sites for hydroxylation is 3. The summed E-state index contributed by atoms with van der Waals surface area (Å²) in [6, 6.07) is 6.77. The quantitative estimate of drug-likeness (QED) is 0.823. The Labute approximate surface area is 122 Å². The number of nitrogens with zero attached hydrogens (tertiary/aromatic N) is 1. The van der Waals surface area contributed by atoms with Crippen LogP contribution in [0.2, 0.25) is 0 Å². The van der Waals surface area contributed by atoms with Crippen molar-refractivity contribution >= 4 is 0 Å². The predicted molar refractivity (Wildman–Crippen MR) is 85.9 cm³/mol. The maximum absolute atomic E-state index is 4.39. The number of nitrogens with one attached hydrogen (secondary N) is 1. The average molecular weight is 268 g/mol. The molecule has 0 unspecified atom stereocenters. The molecule has 0 fully saturated rings. The minimum Gasteiger partial charge on any atom is -0.313 e. The third kappa shape index (κ3) is 3.45. The highest BCUT2D eigenvalue weighted by atomic mass is 14.8. The number of benzene rings is 1. The predicted octanol–water partition coefficient (Wildman–Crippen LogP) is 4.17. The fraction of sp³-hybridized carbons (Fsp3) is 0.389. The van der Waals surface area contributed by atoms with Gasteiger partial charge >= 0.3 is 0 Å². The summed E-state index contributed by atoms with van der Waals surface area (Å²) in [6.07, 6.45) is 5.06. The van der Waals surface area contributed by atoms with Gasteiger partial charge in [-0.25, -0.2) is 0 Å². The van der Waals surface area contributed by atoms with Crippen LogP contribution in [0.15, 0.2) is 30.6 Å². The fourth-order valence-electron chi connectivity index (χ4n) is 2.41. The average Bonchev–Trinajstić information content (AvgIpc) is 2.43. The van der Waals surface area contributed by atoms with Gasteiger partial charge in [0.25, 0.3) is 0 Å². The molecule has 20 heavy (non-hydrogen) atoms. The summed E-state index contributed by atoms with van der Waals surface area (Å²) in [6.45, 7) is 10.6. The molecule has 106 valence electrons. The van der Waals surface area contributed by atoms with Crippen LogP contribution in [0.1, 0.15) is 35.6 Å². The normalized spacial score (nSPS) is 10.8. The van der Waals surface area contributed by atoms with Crippen LogP contribution in [0.5, 0.6) is 0 Å². The summed E-state index contributed by atoms with van der Waals surface area (Å²) in [7, 11) is 0. The third-order valence-corrected chi connectivity index (χ3v) is 3.70. The van der Waals surface area contributed by atoms with Gasteiger partial charge < -0.3 is 5.32 Å². The molecule has 0 atom stereocenters.